The predicted octanol–water partition coefficient (Wildman–Crippen LogP) is 18.9. The number of rotatable bonds is 49. The fourth-order valence-electron chi connectivity index (χ4n) is 7.31. The van der Waals surface area contributed by atoms with Crippen molar-refractivity contribution in [2.24, 2.45) is 0 Å². The Balaban J connectivity index is 4.50. The Bertz CT molecular complexity index is 1470. The largest absolute Gasteiger partial charge is 0.462 e. The summed E-state index contributed by atoms with van der Waals surface area (Å²) in [6.45, 7) is 6.29. The van der Waals surface area contributed by atoms with Crippen LogP contribution >= 0.6 is 0 Å². The van der Waals surface area contributed by atoms with E-state index >= 15 is 0 Å². The van der Waals surface area contributed by atoms with Gasteiger partial charge in [-0.2, -0.15) is 0 Å². The predicted molar refractivity (Wildman–Crippen MR) is 297 cm³/mol. The van der Waals surface area contributed by atoms with E-state index < -0.39 is 6.10 Å². The molecule has 6 nitrogen and oxygen atoms in total. The van der Waals surface area contributed by atoms with E-state index in [4.69, 9.17) is 14.2 Å². The van der Waals surface area contributed by atoms with Crippen LogP contribution < -0.4 is 0 Å². The summed E-state index contributed by atoms with van der Waals surface area (Å²) in [4.78, 5) is 38.0. The van der Waals surface area contributed by atoms with Gasteiger partial charge < -0.3 is 14.2 Å². The first-order valence-electron chi connectivity index (χ1n) is 28.0. The quantitative estimate of drug-likeness (QED) is 0.0262. The third kappa shape index (κ3) is 54.6. The molecule has 0 aliphatic carbocycles. The number of carbonyl (C=O) groups is 3. The van der Waals surface area contributed by atoms with Gasteiger partial charge in [-0.15, -0.1) is 0 Å². The van der Waals surface area contributed by atoms with E-state index in [1.807, 2.05) is 12.2 Å². The van der Waals surface area contributed by atoms with Gasteiger partial charge in [0.1, 0.15) is 13.2 Å². The number of esters is 3. The molecule has 0 saturated heterocycles. The van der Waals surface area contributed by atoms with Gasteiger partial charge in [0.25, 0.3) is 0 Å². The second kappa shape index (κ2) is 56.4. The Morgan fingerprint density at radius 3 is 1.03 bits per heavy atom. The minimum absolute atomic E-state index is 0.126. The second-order valence-electron chi connectivity index (χ2n) is 18.1. The lowest BCUT2D eigenvalue weighted by atomic mass is 10.1. The van der Waals surface area contributed by atoms with Gasteiger partial charge in [-0.25, -0.2) is 0 Å². The van der Waals surface area contributed by atoms with E-state index in [2.05, 4.69) is 130 Å². The number of hydrogen-bond donors (Lipinski definition) is 0. The molecule has 0 radical (unpaired) electrons. The molecule has 0 bridgehead atoms. The fraction of sp³-hybridized carbons (Fsp3) is 0.635. The van der Waals surface area contributed by atoms with Crippen molar-refractivity contribution in [1.82, 2.24) is 0 Å². The molecule has 0 aliphatic heterocycles. The average molecular weight is 956 g/mol. The first-order chi connectivity index (χ1) is 34.0. The van der Waals surface area contributed by atoms with Gasteiger partial charge >= 0.3 is 17.9 Å². The smallest absolute Gasteiger partial charge is 0.306 e. The van der Waals surface area contributed by atoms with Crippen molar-refractivity contribution in [3.63, 3.8) is 0 Å². The highest BCUT2D eigenvalue weighted by Gasteiger charge is 2.19. The number of ether oxygens (including phenoxy) is 3. The standard InChI is InChI=1S/C63H102O6/c1-4-7-10-13-16-19-22-25-27-29-30-31-32-34-35-38-41-44-47-50-53-56-62(65)68-59-60(58-67-61(64)55-52-49-46-43-40-37-24-21-18-15-12-9-6-3)69-63(66)57-54-51-48-45-42-39-36-33-28-26-23-20-17-14-11-8-5-2/h8-9,11-12,17-18,20-21,26,28-30,36-37,39-40,45-46,48-49,60H,4-7,10,13-16,19,22-25,27,31-35,38,41-44,47,50-59H2,1-3H3/b11-8-,12-9-,20-17-,21-18-,28-26-,30-29-,39-36-,40-37-,48-45-,49-46-. The summed E-state index contributed by atoms with van der Waals surface area (Å²) in [5.74, 6) is -1.08. The highest BCUT2D eigenvalue weighted by atomic mass is 16.6. The van der Waals surface area contributed by atoms with Gasteiger partial charge in [0.2, 0.25) is 0 Å². The van der Waals surface area contributed by atoms with E-state index in [1.165, 1.54) is 103 Å². The molecule has 0 aromatic carbocycles. The first kappa shape index (κ1) is 64.8. The molecular weight excluding hydrogens is 853 g/mol. The first-order valence-corrected chi connectivity index (χ1v) is 28.0. The summed E-state index contributed by atoms with van der Waals surface area (Å²) in [6.07, 6.45) is 77.9. The summed E-state index contributed by atoms with van der Waals surface area (Å²) >= 11 is 0. The Hall–Kier alpha value is -4.19. The average Bonchev–Trinajstić information content (AvgIpc) is 3.35. The summed E-state index contributed by atoms with van der Waals surface area (Å²) in [5, 5.41) is 0. The van der Waals surface area contributed by atoms with Gasteiger partial charge in [-0.1, -0.05) is 232 Å². The van der Waals surface area contributed by atoms with E-state index in [-0.39, 0.29) is 44.0 Å². The zero-order valence-electron chi connectivity index (χ0n) is 44.5. The van der Waals surface area contributed by atoms with Crippen LogP contribution in [0.25, 0.3) is 0 Å². The van der Waals surface area contributed by atoms with Crippen LogP contribution in [0.5, 0.6) is 0 Å². The number of hydrogen-bond acceptors (Lipinski definition) is 6. The van der Waals surface area contributed by atoms with Gasteiger partial charge in [-0.05, 0) is 109 Å². The molecule has 0 rings (SSSR count). The lowest BCUT2D eigenvalue weighted by Gasteiger charge is -2.18. The summed E-state index contributed by atoms with van der Waals surface area (Å²) in [7, 11) is 0. The van der Waals surface area contributed by atoms with Crippen molar-refractivity contribution < 1.29 is 28.6 Å². The van der Waals surface area contributed by atoms with E-state index in [9.17, 15) is 14.4 Å². The molecule has 0 heterocycles. The normalized spacial score (nSPS) is 13.0. The highest BCUT2D eigenvalue weighted by molar-refractivity contribution is 5.71. The summed E-state index contributed by atoms with van der Waals surface area (Å²) in [6, 6.07) is 0. The SMILES string of the molecule is CC/C=C\C/C=C\C/C=C\C/C=C\C/C=C\CCCC(=O)OC(COC(=O)CC/C=C\C/C=C\C/C=C\C/C=C\CC)COC(=O)CCCCCCCCCCC/C=C\CCCCCCCCCC. The molecule has 6 heteroatoms. The summed E-state index contributed by atoms with van der Waals surface area (Å²) in [5.41, 5.74) is 0. The van der Waals surface area contributed by atoms with Crippen LogP contribution in [0.3, 0.4) is 0 Å². The second-order valence-corrected chi connectivity index (χ2v) is 18.1. The van der Waals surface area contributed by atoms with Gasteiger partial charge in [-0.3, -0.25) is 14.4 Å². The maximum absolute atomic E-state index is 12.8. The molecule has 1 atom stereocenters. The van der Waals surface area contributed by atoms with Crippen molar-refractivity contribution in [3.8, 4) is 0 Å². The Morgan fingerprint density at radius 2 is 0.609 bits per heavy atom. The molecule has 0 saturated carbocycles. The van der Waals surface area contributed by atoms with Crippen molar-refractivity contribution in [1.29, 1.82) is 0 Å². The fourth-order valence-corrected chi connectivity index (χ4v) is 7.31. The molecule has 0 aliphatic rings. The van der Waals surface area contributed by atoms with E-state index in [0.29, 0.717) is 19.3 Å². The molecular formula is C63H102O6. The topological polar surface area (TPSA) is 78.9 Å². The minimum atomic E-state index is -0.841. The van der Waals surface area contributed by atoms with Crippen LogP contribution in [0.4, 0.5) is 0 Å². The van der Waals surface area contributed by atoms with Crippen LogP contribution in [0.15, 0.2) is 122 Å². The van der Waals surface area contributed by atoms with Crippen molar-refractivity contribution in [2.75, 3.05) is 13.2 Å². The van der Waals surface area contributed by atoms with Gasteiger partial charge in [0.05, 0.1) is 0 Å². The Morgan fingerprint density at radius 1 is 0.304 bits per heavy atom. The molecule has 0 amide bonds. The number of unbranched alkanes of at least 4 members (excludes halogenated alkanes) is 18. The van der Waals surface area contributed by atoms with Crippen molar-refractivity contribution in [3.05, 3.63) is 122 Å². The number of allylic oxidation sites excluding steroid dienone is 20. The molecule has 390 valence electrons. The Labute approximate surface area is 424 Å². The van der Waals surface area contributed by atoms with Crippen LogP contribution in [0.2, 0.25) is 0 Å². The molecule has 0 N–H and O–H groups in total. The molecule has 69 heavy (non-hydrogen) atoms. The molecule has 0 fully saturated rings. The zero-order valence-corrected chi connectivity index (χ0v) is 44.5. The minimum Gasteiger partial charge on any atom is -0.462 e. The van der Waals surface area contributed by atoms with Crippen molar-refractivity contribution >= 4 is 17.9 Å². The maximum atomic E-state index is 12.8. The van der Waals surface area contributed by atoms with Crippen molar-refractivity contribution in [2.45, 2.75) is 245 Å². The van der Waals surface area contributed by atoms with E-state index in [1.54, 1.807) is 0 Å². The Kier molecular flexibility index (Phi) is 53.0. The lowest BCUT2D eigenvalue weighted by Crippen LogP contribution is -2.30. The van der Waals surface area contributed by atoms with Gasteiger partial charge in [0.15, 0.2) is 6.10 Å². The number of carbonyl (C=O) groups excluding carboxylic acids is 3. The maximum Gasteiger partial charge on any atom is 0.306 e. The molecule has 0 aromatic heterocycles. The van der Waals surface area contributed by atoms with Crippen LogP contribution in [-0.2, 0) is 28.6 Å². The zero-order chi connectivity index (χ0) is 50.0. The highest BCUT2D eigenvalue weighted by Crippen LogP contribution is 2.14. The third-order valence-corrected chi connectivity index (χ3v) is 11.4. The monoisotopic (exact) mass is 955 g/mol. The van der Waals surface area contributed by atoms with Crippen LogP contribution in [-0.4, -0.2) is 37.2 Å². The summed E-state index contributed by atoms with van der Waals surface area (Å²) < 4.78 is 16.7. The van der Waals surface area contributed by atoms with E-state index in [0.717, 1.165) is 83.5 Å². The molecule has 0 aromatic rings. The van der Waals surface area contributed by atoms with Crippen LogP contribution in [0, 0.1) is 0 Å². The molecule has 1 unspecified atom stereocenters. The lowest BCUT2D eigenvalue weighted by molar-refractivity contribution is -0.166. The molecule has 0 spiro atoms. The third-order valence-electron chi connectivity index (χ3n) is 11.4. The van der Waals surface area contributed by atoms with Crippen LogP contribution in [0.1, 0.15) is 239 Å². The van der Waals surface area contributed by atoms with Gasteiger partial charge in [0, 0.05) is 19.3 Å².